The summed E-state index contributed by atoms with van der Waals surface area (Å²) in [6.07, 6.45) is 6.71. The van der Waals surface area contributed by atoms with Crippen LogP contribution in [0.4, 0.5) is 5.69 Å². The smallest absolute Gasteiger partial charge is 0.0598 e. The summed E-state index contributed by atoms with van der Waals surface area (Å²) in [6.45, 7) is 9.78. The minimum atomic E-state index is 0.518. The Labute approximate surface area is 111 Å². The quantitative estimate of drug-likeness (QED) is 0.803. The molecule has 1 aromatic rings. The molecule has 0 saturated heterocycles. The van der Waals surface area contributed by atoms with Crippen LogP contribution in [0.15, 0.2) is 18.5 Å². The van der Waals surface area contributed by atoms with Gasteiger partial charge in [-0.3, -0.25) is 4.98 Å². The monoisotopic (exact) mass is 247 g/mol. The average Bonchev–Trinajstić information content (AvgIpc) is 3.18. The fourth-order valence-electron chi connectivity index (χ4n) is 2.17. The highest BCUT2D eigenvalue weighted by Gasteiger charge is 2.24. The SMILES string of the molecule is CCN(CC1CC1)c1cnccc1CNC(C)C. The second kappa shape index (κ2) is 6.19. The van der Waals surface area contributed by atoms with Crippen molar-refractivity contribution in [2.45, 2.75) is 46.2 Å². The van der Waals surface area contributed by atoms with Crippen molar-refractivity contribution in [1.29, 1.82) is 0 Å². The molecule has 0 radical (unpaired) electrons. The van der Waals surface area contributed by atoms with Gasteiger partial charge in [-0.25, -0.2) is 0 Å². The number of hydrogen-bond acceptors (Lipinski definition) is 3. The zero-order valence-electron chi connectivity index (χ0n) is 11.8. The van der Waals surface area contributed by atoms with Gasteiger partial charge in [0.25, 0.3) is 0 Å². The van der Waals surface area contributed by atoms with Crippen LogP contribution in [0.3, 0.4) is 0 Å². The van der Waals surface area contributed by atoms with Crippen molar-refractivity contribution < 1.29 is 0 Å². The molecular weight excluding hydrogens is 222 g/mol. The molecule has 0 aliphatic heterocycles. The van der Waals surface area contributed by atoms with Crippen LogP contribution in [0.2, 0.25) is 0 Å². The minimum Gasteiger partial charge on any atom is -0.370 e. The molecule has 1 fully saturated rings. The van der Waals surface area contributed by atoms with Gasteiger partial charge in [0.2, 0.25) is 0 Å². The topological polar surface area (TPSA) is 28.2 Å². The number of hydrogen-bond donors (Lipinski definition) is 1. The number of pyridine rings is 1. The van der Waals surface area contributed by atoms with Crippen LogP contribution in [0, 0.1) is 5.92 Å². The standard InChI is InChI=1S/C15H25N3/c1-4-18(11-13-5-6-13)15-10-16-8-7-14(15)9-17-12(2)3/h7-8,10,12-13,17H,4-6,9,11H2,1-3H3. The van der Waals surface area contributed by atoms with E-state index in [2.05, 4.69) is 42.0 Å². The van der Waals surface area contributed by atoms with Crippen LogP contribution in [-0.2, 0) is 6.54 Å². The van der Waals surface area contributed by atoms with Gasteiger partial charge in [-0.15, -0.1) is 0 Å². The first-order valence-corrected chi connectivity index (χ1v) is 7.12. The molecule has 1 saturated carbocycles. The minimum absolute atomic E-state index is 0.518. The van der Waals surface area contributed by atoms with Gasteiger partial charge >= 0.3 is 0 Å². The number of aromatic nitrogens is 1. The Morgan fingerprint density at radius 2 is 2.22 bits per heavy atom. The van der Waals surface area contributed by atoms with E-state index in [4.69, 9.17) is 0 Å². The van der Waals surface area contributed by atoms with Crippen LogP contribution in [-0.4, -0.2) is 24.1 Å². The summed E-state index contributed by atoms with van der Waals surface area (Å²) < 4.78 is 0. The van der Waals surface area contributed by atoms with Crippen molar-refractivity contribution in [3.63, 3.8) is 0 Å². The first-order valence-electron chi connectivity index (χ1n) is 7.12. The summed E-state index contributed by atoms with van der Waals surface area (Å²) >= 11 is 0. The maximum Gasteiger partial charge on any atom is 0.0598 e. The molecule has 0 bridgehead atoms. The fraction of sp³-hybridized carbons (Fsp3) is 0.667. The Morgan fingerprint density at radius 1 is 1.44 bits per heavy atom. The van der Waals surface area contributed by atoms with E-state index in [-0.39, 0.29) is 0 Å². The van der Waals surface area contributed by atoms with E-state index in [0.717, 1.165) is 19.0 Å². The highest BCUT2D eigenvalue weighted by atomic mass is 15.1. The van der Waals surface area contributed by atoms with Crippen LogP contribution < -0.4 is 10.2 Å². The van der Waals surface area contributed by atoms with Crippen LogP contribution in [0.25, 0.3) is 0 Å². The van der Waals surface area contributed by atoms with Gasteiger partial charge < -0.3 is 10.2 Å². The van der Waals surface area contributed by atoms with Gasteiger partial charge in [0.05, 0.1) is 11.9 Å². The van der Waals surface area contributed by atoms with Gasteiger partial charge in [0, 0.05) is 31.9 Å². The highest BCUT2D eigenvalue weighted by molar-refractivity contribution is 5.51. The molecule has 3 nitrogen and oxygen atoms in total. The van der Waals surface area contributed by atoms with E-state index in [1.54, 1.807) is 0 Å². The van der Waals surface area contributed by atoms with Gasteiger partial charge in [-0.1, -0.05) is 13.8 Å². The Morgan fingerprint density at radius 3 is 2.83 bits per heavy atom. The first kappa shape index (κ1) is 13.3. The van der Waals surface area contributed by atoms with E-state index >= 15 is 0 Å². The zero-order chi connectivity index (χ0) is 13.0. The van der Waals surface area contributed by atoms with Gasteiger partial charge in [0.1, 0.15) is 0 Å². The Balaban J connectivity index is 2.08. The van der Waals surface area contributed by atoms with Crippen LogP contribution >= 0.6 is 0 Å². The molecule has 100 valence electrons. The van der Waals surface area contributed by atoms with E-state index in [1.165, 1.54) is 30.6 Å². The zero-order valence-corrected chi connectivity index (χ0v) is 11.8. The first-order chi connectivity index (χ1) is 8.70. The van der Waals surface area contributed by atoms with Gasteiger partial charge in [0.15, 0.2) is 0 Å². The lowest BCUT2D eigenvalue weighted by molar-refractivity contribution is 0.587. The third kappa shape index (κ3) is 3.70. The van der Waals surface area contributed by atoms with Crippen molar-refractivity contribution in [2.24, 2.45) is 5.92 Å². The maximum atomic E-state index is 4.30. The number of rotatable bonds is 7. The summed E-state index contributed by atoms with van der Waals surface area (Å²) in [4.78, 5) is 6.77. The number of nitrogens with zero attached hydrogens (tertiary/aromatic N) is 2. The van der Waals surface area contributed by atoms with Gasteiger partial charge in [-0.05, 0) is 37.3 Å². The van der Waals surface area contributed by atoms with Crippen molar-refractivity contribution in [3.8, 4) is 0 Å². The van der Waals surface area contributed by atoms with Crippen molar-refractivity contribution >= 4 is 5.69 Å². The Bertz CT molecular complexity index is 372. The molecule has 1 aliphatic rings. The molecule has 1 aromatic heterocycles. The van der Waals surface area contributed by atoms with Crippen molar-refractivity contribution in [1.82, 2.24) is 10.3 Å². The number of nitrogens with one attached hydrogen (secondary N) is 1. The molecule has 1 aliphatic carbocycles. The third-order valence-electron chi connectivity index (χ3n) is 3.49. The Hall–Kier alpha value is -1.09. The lowest BCUT2D eigenvalue weighted by atomic mass is 10.2. The lowest BCUT2D eigenvalue weighted by Gasteiger charge is -2.25. The third-order valence-corrected chi connectivity index (χ3v) is 3.49. The summed E-state index contributed by atoms with van der Waals surface area (Å²) in [5, 5.41) is 3.50. The summed E-state index contributed by atoms with van der Waals surface area (Å²) in [5.74, 6) is 0.913. The molecular formula is C15H25N3. The summed E-state index contributed by atoms with van der Waals surface area (Å²) in [5.41, 5.74) is 2.67. The summed E-state index contributed by atoms with van der Waals surface area (Å²) in [6, 6.07) is 2.66. The number of anilines is 1. The van der Waals surface area contributed by atoms with E-state index in [1.807, 2.05) is 12.4 Å². The second-order valence-corrected chi connectivity index (χ2v) is 5.52. The lowest BCUT2D eigenvalue weighted by Crippen LogP contribution is -2.28. The van der Waals surface area contributed by atoms with Crippen LogP contribution in [0.5, 0.6) is 0 Å². The fourth-order valence-corrected chi connectivity index (χ4v) is 2.17. The van der Waals surface area contributed by atoms with E-state index in [9.17, 15) is 0 Å². The molecule has 0 unspecified atom stereocenters. The second-order valence-electron chi connectivity index (χ2n) is 5.52. The van der Waals surface area contributed by atoms with Crippen molar-refractivity contribution in [2.75, 3.05) is 18.0 Å². The van der Waals surface area contributed by atoms with Gasteiger partial charge in [-0.2, -0.15) is 0 Å². The van der Waals surface area contributed by atoms with Crippen LogP contribution in [0.1, 0.15) is 39.2 Å². The molecule has 3 heteroatoms. The predicted molar refractivity (Wildman–Crippen MR) is 76.8 cm³/mol. The molecule has 1 heterocycles. The molecule has 0 spiro atoms. The molecule has 2 rings (SSSR count). The average molecular weight is 247 g/mol. The van der Waals surface area contributed by atoms with E-state index in [0.29, 0.717) is 6.04 Å². The largest absolute Gasteiger partial charge is 0.370 e. The highest BCUT2D eigenvalue weighted by Crippen LogP contribution is 2.32. The summed E-state index contributed by atoms with van der Waals surface area (Å²) in [7, 11) is 0. The molecule has 18 heavy (non-hydrogen) atoms. The predicted octanol–water partition coefficient (Wildman–Crippen LogP) is 2.82. The Kier molecular flexibility index (Phi) is 4.59. The molecule has 1 N–H and O–H groups in total. The maximum absolute atomic E-state index is 4.30. The van der Waals surface area contributed by atoms with Crippen molar-refractivity contribution in [3.05, 3.63) is 24.0 Å². The van der Waals surface area contributed by atoms with E-state index < -0.39 is 0 Å². The molecule has 0 amide bonds. The molecule has 0 atom stereocenters. The molecule has 0 aromatic carbocycles. The normalized spacial score (nSPS) is 15.1.